The lowest BCUT2D eigenvalue weighted by Gasteiger charge is -2.43. The Morgan fingerprint density at radius 1 is 1.44 bits per heavy atom. The number of amides is 2. The molecule has 1 aliphatic rings. The number of rotatable bonds is 5. The molecule has 2 unspecified atom stereocenters. The average Bonchev–Trinajstić information content (AvgIpc) is 2.22. The maximum absolute atomic E-state index is 12.0. The second-order valence-corrected chi connectivity index (χ2v) is 6.23. The number of carbonyl (C=O) groups excluding carboxylic acids is 2. The lowest BCUT2D eigenvalue weighted by molar-refractivity contribution is -0.146. The molecule has 1 N–H and O–H groups in total. The van der Waals surface area contributed by atoms with Crippen LogP contribution in [0.2, 0.25) is 0 Å². The largest absolute Gasteiger partial charge is 0.379 e. The second kappa shape index (κ2) is 5.39. The fourth-order valence-corrected chi connectivity index (χ4v) is 3.07. The third-order valence-corrected chi connectivity index (χ3v) is 3.94. The van der Waals surface area contributed by atoms with E-state index in [4.69, 9.17) is 4.74 Å². The lowest BCUT2D eigenvalue weighted by Crippen LogP contribution is -2.53. The number of methoxy groups -OCH3 is 1. The first-order valence-electron chi connectivity index (χ1n) is 6.63. The number of hydrogen-bond acceptors (Lipinski definition) is 3. The fraction of sp³-hybridized carbons (Fsp3) is 0.857. The molecule has 0 aromatic carbocycles. The summed E-state index contributed by atoms with van der Waals surface area (Å²) in [6, 6.07) is 0. The van der Waals surface area contributed by atoms with Gasteiger partial charge in [0.25, 0.3) is 0 Å². The molecule has 0 radical (unpaired) electrons. The molecule has 0 aliphatic carbocycles. The van der Waals surface area contributed by atoms with Gasteiger partial charge in [-0.15, -0.1) is 0 Å². The van der Waals surface area contributed by atoms with Crippen molar-refractivity contribution in [2.75, 3.05) is 7.11 Å². The molecular formula is C14H25NO3. The fourth-order valence-electron chi connectivity index (χ4n) is 3.07. The molecule has 0 aromatic rings. The summed E-state index contributed by atoms with van der Waals surface area (Å²) in [7, 11) is 1.67. The highest BCUT2D eigenvalue weighted by atomic mass is 16.5. The van der Waals surface area contributed by atoms with Gasteiger partial charge in [0.15, 0.2) is 0 Å². The van der Waals surface area contributed by atoms with Crippen LogP contribution in [0.4, 0.5) is 0 Å². The minimum atomic E-state index is -0.321. The maximum Gasteiger partial charge on any atom is 0.230 e. The number of carbonyl (C=O) groups is 2. The SMILES string of the molecule is CCCC1C(=O)NC(=O)CC1(C)CC(C)(C)OC. The quantitative estimate of drug-likeness (QED) is 0.767. The Kier molecular flexibility index (Phi) is 4.54. The highest BCUT2D eigenvalue weighted by Crippen LogP contribution is 2.44. The molecular weight excluding hydrogens is 230 g/mol. The Balaban J connectivity index is 2.97. The van der Waals surface area contributed by atoms with E-state index >= 15 is 0 Å². The third kappa shape index (κ3) is 3.31. The highest BCUT2D eigenvalue weighted by molar-refractivity contribution is 5.99. The maximum atomic E-state index is 12.0. The van der Waals surface area contributed by atoms with Crippen LogP contribution in [0, 0.1) is 11.3 Å². The van der Waals surface area contributed by atoms with Gasteiger partial charge in [-0.25, -0.2) is 0 Å². The highest BCUT2D eigenvalue weighted by Gasteiger charge is 2.47. The van der Waals surface area contributed by atoms with Gasteiger partial charge in [-0.05, 0) is 32.1 Å². The van der Waals surface area contributed by atoms with E-state index in [1.165, 1.54) is 0 Å². The van der Waals surface area contributed by atoms with Crippen LogP contribution in [-0.2, 0) is 14.3 Å². The summed E-state index contributed by atoms with van der Waals surface area (Å²) in [4.78, 5) is 23.7. The number of piperidine rings is 1. The van der Waals surface area contributed by atoms with Gasteiger partial charge < -0.3 is 4.74 Å². The third-order valence-electron chi connectivity index (χ3n) is 3.94. The molecule has 2 atom stereocenters. The van der Waals surface area contributed by atoms with Crippen LogP contribution in [0.1, 0.15) is 53.4 Å². The van der Waals surface area contributed by atoms with E-state index in [-0.39, 0.29) is 28.7 Å². The van der Waals surface area contributed by atoms with Crippen molar-refractivity contribution < 1.29 is 14.3 Å². The summed E-state index contributed by atoms with van der Waals surface area (Å²) in [5, 5.41) is 2.45. The monoisotopic (exact) mass is 255 g/mol. The number of hydrogen-bond donors (Lipinski definition) is 1. The van der Waals surface area contributed by atoms with Crippen molar-refractivity contribution in [3.05, 3.63) is 0 Å². The zero-order chi connectivity index (χ0) is 14.0. The van der Waals surface area contributed by atoms with Crippen molar-refractivity contribution in [1.82, 2.24) is 5.32 Å². The van der Waals surface area contributed by atoms with E-state index in [1.54, 1.807) is 7.11 Å². The normalized spacial score (nSPS) is 29.3. The molecule has 4 heteroatoms. The lowest BCUT2D eigenvalue weighted by atomic mass is 9.65. The standard InChI is InChI=1S/C14H25NO3/c1-6-7-10-12(17)15-11(16)8-14(10,4)9-13(2,3)18-5/h10H,6-9H2,1-5H3,(H,15,16,17). The molecule has 1 heterocycles. The van der Waals surface area contributed by atoms with Crippen molar-refractivity contribution >= 4 is 11.8 Å². The molecule has 4 nitrogen and oxygen atoms in total. The van der Waals surface area contributed by atoms with Gasteiger partial charge >= 0.3 is 0 Å². The Bertz CT molecular complexity index is 338. The van der Waals surface area contributed by atoms with E-state index in [2.05, 4.69) is 12.2 Å². The zero-order valence-electron chi connectivity index (χ0n) is 12.1. The summed E-state index contributed by atoms with van der Waals surface area (Å²) in [6.07, 6.45) is 2.86. The van der Waals surface area contributed by atoms with E-state index in [1.807, 2.05) is 20.8 Å². The first-order chi connectivity index (χ1) is 8.24. The molecule has 1 rings (SSSR count). The predicted octanol–water partition coefficient (Wildman–Crippen LogP) is 2.27. The van der Waals surface area contributed by atoms with Crippen LogP contribution >= 0.6 is 0 Å². The van der Waals surface area contributed by atoms with E-state index in [0.717, 1.165) is 12.8 Å². The number of ether oxygens (including phenoxy) is 1. The molecule has 18 heavy (non-hydrogen) atoms. The molecule has 0 spiro atoms. The zero-order valence-corrected chi connectivity index (χ0v) is 12.1. The van der Waals surface area contributed by atoms with Crippen LogP contribution in [0.25, 0.3) is 0 Å². The van der Waals surface area contributed by atoms with Gasteiger partial charge in [0.05, 0.1) is 5.60 Å². The summed E-state index contributed by atoms with van der Waals surface area (Å²) in [5.41, 5.74) is -0.631. The Morgan fingerprint density at radius 2 is 2.06 bits per heavy atom. The minimum absolute atomic E-state index is 0.102. The van der Waals surface area contributed by atoms with Crippen LogP contribution in [0.15, 0.2) is 0 Å². The molecule has 1 fully saturated rings. The van der Waals surface area contributed by atoms with Gasteiger partial charge in [-0.3, -0.25) is 14.9 Å². The molecule has 104 valence electrons. The predicted molar refractivity (Wildman–Crippen MR) is 70.0 cm³/mol. The van der Waals surface area contributed by atoms with E-state index in [9.17, 15) is 9.59 Å². The van der Waals surface area contributed by atoms with Crippen molar-refractivity contribution in [3.8, 4) is 0 Å². The number of imide groups is 1. The summed E-state index contributed by atoms with van der Waals surface area (Å²) in [6.45, 7) is 8.09. The van der Waals surface area contributed by atoms with Crippen molar-refractivity contribution in [2.45, 2.75) is 59.0 Å². The van der Waals surface area contributed by atoms with E-state index < -0.39 is 0 Å². The summed E-state index contributed by atoms with van der Waals surface area (Å²) in [5.74, 6) is -0.390. The van der Waals surface area contributed by atoms with Gasteiger partial charge in [-0.2, -0.15) is 0 Å². The van der Waals surface area contributed by atoms with Gasteiger partial charge in [0.2, 0.25) is 11.8 Å². The molecule has 2 amide bonds. The Morgan fingerprint density at radius 3 is 2.56 bits per heavy atom. The summed E-state index contributed by atoms with van der Waals surface area (Å²) < 4.78 is 5.46. The van der Waals surface area contributed by atoms with Crippen LogP contribution < -0.4 is 5.32 Å². The number of nitrogens with one attached hydrogen (secondary N) is 1. The smallest absolute Gasteiger partial charge is 0.230 e. The van der Waals surface area contributed by atoms with Crippen LogP contribution in [0.3, 0.4) is 0 Å². The Hall–Kier alpha value is -0.900. The first kappa shape index (κ1) is 15.2. The van der Waals surface area contributed by atoms with Gasteiger partial charge in [0.1, 0.15) is 0 Å². The van der Waals surface area contributed by atoms with Crippen molar-refractivity contribution in [1.29, 1.82) is 0 Å². The van der Waals surface area contributed by atoms with Crippen molar-refractivity contribution in [2.24, 2.45) is 11.3 Å². The van der Waals surface area contributed by atoms with Crippen LogP contribution in [-0.4, -0.2) is 24.5 Å². The van der Waals surface area contributed by atoms with Gasteiger partial charge in [0, 0.05) is 19.4 Å². The molecule has 1 saturated heterocycles. The van der Waals surface area contributed by atoms with Crippen LogP contribution in [0.5, 0.6) is 0 Å². The molecule has 1 aliphatic heterocycles. The second-order valence-electron chi connectivity index (χ2n) is 6.23. The summed E-state index contributed by atoms with van der Waals surface area (Å²) >= 11 is 0. The molecule has 0 saturated carbocycles. The average molecular weight is 255 g/mol. The molecule has 0 aromatic heterocycles. The van der Waals surface area contributed by atoms with Crippen molar-refractivity contribution in [3.63, 3.8) is 0 Å². The van der Waals surface area contributed by atoms with E-state index in [0.29, 0.717) is 12.8 Å². The minimum Gasteiger partial charge on any atom is -0.379 e. The topological polar surface area (TPSA) is 55.4 Å². The van der Waals surface area contributed by atoms with Gasteiger partial charge in [-0.1, -0.05) is 20.3 Å². The molecule has 0 bridgehead atoms. The first-order valence-corrected chi connectivity index (χ1v) is 6.63. The Labute approximate surface area is 109 Å².